The van der Waals surface area contributed by atoms with Gasteiger partial charge in [-0.3, -0.25) is 4.79 Å². The molecule has 0 aliphatic carbocycles. The highest BCUT2D eigenvalue weighted by molar-refractivity contribution is 8.06. The van der Waals surface area contributed by atoms with Crippen LogP contribution in [0.2, 0.25) is 0 Å². The number of rotatable bonds is 3. The van der Waals surface area contributed by atoms with Crippen molar-refractivity contribution in [2.45, 2.75) is 37.2 Å². The molecule has 1 aliphatic rings. The maximum Gasteiger partial charge on any atom is 0.251 e. The summed E-state index contributed by atoms with van der Waals surface area (Å²) in [6.45, 7) is 4.24. The Bertz CT molecular complexity index is 433. The van der Waals surface area contributed by atoms with Gasteiger partial charge in [-0.1, -0.05) is 13.8 Å². The molecular weight excluding hydrogens is 252 g/mol. The Morgan fingerprint density at radius 2 is 2.18 bits per heavy atom. The largest absolute Gasteiger partial charge is 0.310 e. The number of thioether (sulfide) groups is 2. The van der Waals surface area contributed by atoms with Crippen LogP contribution in [0.1, 0.15) is 37.0 Å². The molecule has 1 fully saturated rings. The zero-order valence-corrected chi connectivity index (χ0v) is 11.9. The van der Waals surface area contributed by atoms with Gasteiger partial charge in [0.1, 0.15) is 5.82 Å². The van der Waals surface area contributed by atoms with Crippen LogP contribution in [0.25, 0.3) is 0 Å². The third kappa shape index (κ3) is 3.07. The van der Waals surface area contributed by atoms with Crippen molar-refractivity contribution in [1.29, 1.82) is 0 Å². The summed E-state index contributed by atoms with van der Waals surface area (Å²) in [5.74, 6) is 3.22. The molecule has 3 nitrogen and oxygen atoms in total. The van der Waals surface area contributed by atoms with E-state index >= 15 is 0 Å². The van der Waals surface area contributed by atoms with E-state index in [9.17, 15) is 4.79 Å². The van der Waals surface area contributed by atoms with Crippen LogP contribution >= 0.6 is 23.5 Å². The molecule has 2 heterocycles. The van der Waals surface area contributed by atoms with E-state index in [1.165, 1.54) is 5.75 Å². The van der Waals surface area contributed by atoms with E-state index in [0.717, 1.165) is 30.1 Å². The lowest BCUT2D eigenvalue weighted by molar-refractivity contribution is 0.736. The Balaban J connectivity index is 2.31. The summed E-state index contributed by atoms with van der Waals surface area (Å²) in [4.78, 5) is 19.1. The van der Waals surface area contributed by atoms with Crippen LogP contribution in [-0.2, 0) is 6.42 Å². The predicted molar refractivity (Wildman–Crippen MR) is 76.0 cm³/mol. The summed E-state index contributed by atoms with van der Waals surface area (Å²) in [5, 5.41) is 0.918. The molecule has 0 saturated carbocycles. The molecule has 2 atom stereocenters. The zero-order chi connectivity index (χ0) is 12.3. The lowest BCUT2D eigenvalue weighted by atomic mass is 10.2. The SMILES string of the molecule is CCc1cc(=O)[nH]c(C2SCCSC2CC)n1. The maximum atomic E-state index is 11.6. The van der Waals surface area contributed by atoms with Gasteiger partial charge in [-0.05, 0) is 12.8 Å². The maximum absolute atomic E-state index is 11.6. The van der Waals surface area contributed by atoms with Crippen LogP contribution in [0, 0.1) is 0 Å². The van der Waals surface area contributed by atoms with Gasteiger partial charge >= 0.3 is 0 Å². The topological polar surface area (TPSA) is 45.8 Å². The monoisotopic (exact) mass is 270 g/mol. The minimum Gasteiger partial charge on any atom is -0.310 e. The minimum absolute atomic E-state index is 0.0159. The Morgan fingerprint density at radius 3 is 2.88 bits per heavy atom. The molecule has 2 unspecified atom stereocenters. The standard InChI is InChI=1S/C12H18N2OS2/c1-3-8-7-10(15)14-12(13-8)11-9(4-2)16-5-6-17-11/h7,9,11H,3-6H2,1-2H3,(H,13,14,15). The van der Waals surface area contributed by atoms with Gasteiger partial charge < -0.3 is 4.98 Å². The van der Waals surface area contributed by atoms with Crippen LogP contribution in [-0.4, -0.2) is 26.7 Å². The fourth-order valence-corrected chi connectivity index (χ4v) is 5.01. The van der Waals surface area contributed by atoms with Crippen molar-refractivity contribution in [3.05, 3.63) is 27.9 Å². The second-order valence-corrected chi connectivity index (χ2v) is 6.68. The van der Waals surface area contributed by atoms with Gasteiger partial charge in [0.2, 0.25) is 0 Å². The van der Waals surface area contributed by atoms with Gasteiger partial charge in [0.25, 0.3) is 5.56 Å². The Kier molecular flexibility index (Phi) is 4.56. The van der Waals surface area contributed by atoms with Crippen molar-refractivity contribution in [1.82, 2.24) is 9.97 Å². The fraction of sp³-hybridized carbons (Fsp3) is 0.667. The number of nitrogens with zero attached hydrogens (tertiary/aromatic N) is 1. The number of aromatic amines is 1. The van der Waals surface area contributed by atoms with Crippen LogP contribution in [0.3, 0.4) is 0 Å². The molecule has 17 heavy (non-hydrogen) atoms. The molecule has 0 bridgehead atoms. The Hall–Kier alpha value is -0.420. The van der Waals surface area contributed by atoms with Crippen molar-refractivity contribution in [3.8, 4) is 0 Å². The smallest absolute Gasteiger partial charge is 0.251 e. The third-order valence-electron chi connectivity index (χ3n) is 2.90. The number of nitrogens with one attached hydrogen (secondary N) is 1. The minimum atomic E-state index is -0.0159. The molecule has 1 aromatic rings. The van der Waals surface area contributed by atoms with Crippen molar-refractivity contribution in [3.63, 3.8) is 0 Å². The predicted octanol–water partition coefficient (Wildman–Crippen LogP) is 2.63. The van der Waals surface area contributed by atoms with Crippen molar-refractivity contribution in [2.75, 3.05) is 11.5 Å². The van der Waals surface area contributed by atoms with Gasteiger partial charge in [0.05, 0.1) is 5.25 Å². The normalized spacial score (nSPS) is 24.8. The van der Waals surface area contributed by atoms with E-state index in [2.05, 4.69) is 16.9 Å². The molecule has 5 heteroatoms. The summed E-state index contributed by atoms with van der Waals surface area (Å²) in [5.41, 5.74) is 0.882. The van der Waals surface area contributed by atoms with Gasteiger partial charge in [0, 0.05) is 28.5 Å². The summed E-state index contributed by atoms with van der Waals surface area (Å²) < 4.78 is 0. The Morgan fingerprint density at radius 1 is 1.41 bits per heavy atom. The average molecular weight is 270 g/mol. The van der Waals surface area contributed by atoms with Gasteiger partial charge in [-0.25, -0.2) is 4.98 Å². The van der Waals surface area contributed by atoms with Gasteiger partial charge in [-0.15, -0.1) is 11.8 Å². The van der Waals surface area contributed by atoms with E-state index in [0.29, 0.717) is 10.5 Å². The molecule has 0 radical (unpaired) electrons. The number of hydrogen-bond donors (Lipinski definition) is 1. The molecule has 2 rings (SSSR count). The lowest BCUT2D eigenvalue weighted by Gasteiger charge is -2.29. The highest BCUT2D eigenvalue weighted by Crippen LogP contribution is 2.42. The second kappa shape index (κ2) is 5.96. The molecule has 0 spiro atoms. The molecule has 1 aliphatic heterocycles. The summed E-state index contributed by atoms with van der Waals surface area (Å²) >= 11 is 3.93. The summed E-state index contributed by atoms with van der Waals surface area (Å²) in [7, 11) is 0. The van der Waals surface area contributed by atoms with E-state index in [4.69, 9.17) is 0 Å². The lowest BCUT2D eigenvalue weighted by Crippen LogP contribution is -2.23. The quantitative estimate of drug-likeness (QED) is 0.917. The van der Waals surface area contributed by atoms with Crippen LogP contribution in [0.4, 0.5) is 0 Å². The van der Waals surface area contributed by atoms with Crippen LogP contribution in [0.15, 0.2) is 10.9 Å². The molecule has 0 aromatic carbocycles. The van der Waals surface area contributed by atoms with Crippen molar-refractivity contribution in [2.24, 2.45) is 0 Å². The number of aromatic nitrogens is 2. The molecule has 1 saturated heterocycles. The first-order valence-electron chi connectivity index (χ1n) is 6.08. The number of aryl methyl sites for hydroxylation is 1. The van der Waals surface area contributed by atoms with E-state index in [1.54, 1.807) is 6.07 Å². The highest BCUT2D eigenvalue weighted by atomic mass is 32.2. The second-order valence-electron chi connectivity index (χ2n) is 4.08. The number of H-pyrrole nitrogens is 1. The van der Waals surface area contributed by atoms with Crippen LogP contribution < -0.4 is 5.56 Å². The molecule has 1 N–H and O–H groups in total. The molecular formula is C12H18N2OS2. The van der Waals surface area contributed by atoms with E-state index in [1.807, 2.05) is 30.4 Å². The van der Waals surface area contributed by atoms with Gasteiger partial charge in [0.15, 0.2) is 0 Å². The molecule has 94 valence electrons. The first-order chi connectivity index (χ1) is 8.24. The average Bonchev–Trinajstić information content (AvgIpc) is 2.37. The number of hydrogen-bond acceptors (Lipinski definition) is 4. The summed E-state index contributed by atoms with van der Waals surface area (Å²) in [6.07, 6.45) is 1.95. The molecule has 1 aromatic heterocycles. The van der Waals surface area contributed by atoms with Crippen molar-refractivity contribution < 1.29 is 0 Å². The Labute approximate surface area is 110 Å². The van der Waals surface area contributed by atoms with Crippen molar-refractivity contribution >= 4 is 23.5 Å². The van der Waals surface area contributed by atoms with Gasteiger partial charge in [-0.2, -0.15) is 11.8 Å². The summed E-state index contributed by atoms with van der Waals surface area (Å²) in [6, 6.07) is 1.60. The highest BCUT2D eigenvalue weighted by Gasteiger charge is 2.28. The van der Waals surface area contributed by atoms with Crippen LogP contribution in [0.5, 0.6) is 0 Å². The third-order valence-corrected chi connectivity index (χ3v) is 6.15. The fourth-order valence-electron chi connectivity index (χ4n) is 2.00. The first-order valence-corrected chi connectivity index (χ1v) is 8.17. The zero-order valence-electron chi connectivity index (χ0n) is 10.2. The first kappa shape index (κ1) is 13.0. The van der Waals surface area contributed by atoms with E-state index < -0.39 is 0 Å². The molecule has 0 amide bonds. The van der Waals surface area contributed by atoms with E-state index in [-0.39, 0.29) is 5.56 Å².